The lowest BCUT2D eigenvalue weighted by molar-refractivity contribution is -0.144. The predicted molar refractivity (Wildman–Crippen MR) is 85.9 cm³/mol. The molecule has 0 saturated carbocycles. The van der Waals surface area contributed by atoms with Gasteiger partial charge >= 0.3 is 12.1 Å². The molecule has 1 aromatic rings. The number of azide groups is 1. The lowest BCUT2D eigenvalue weighted by Gasteiger charge is -2.25. The first kappa shape index (κ1) is 17.6. The first-order valence-corrected chi connectivity index (χ1v) is 7.82. The van der Waals surface area contributed by atoms with Crippen LogP contribution < -0.4 is 0 Å². The Morgan fingerprint density at radius 1 is 1.33 bits per heavy atom. The van der Waals surface area contributed by atoms with Crippen molar-refractivity contribution in [3.8, 4) is 0 Å². The summed E-state index contributed by atoms with van der Waals surface area (Å²) < 4.78 is 10.2. The number of likely N-dealkylation sites (tertiary alicyclic amines) is 1. The molecule has 1 aliphatic heterocycles. The summed E-state index contributed by atoms with van der Waals surface area (Å²) in [4.78, 5) is 28.3. The van der Waals surface area contributed by atoms with Gasteiger partial charge in [-0.05, 0) is 24.4 Å². The Morgan fingerprint density at radius 3 is 2.75 bits per heavy atom. The number of rotatable bonds is 6. The predicted octanol–water partition coefficient (Wildman–Crippen LogP) is 3.03. The van der Waals surface area contributed by atoms with Crippen LogP contribution in [0.1, 0.15) is 25.3 Å². The number of carbonyl (C=O) groups is 2. The van der Waals surface area contributed by atoms with Crippen LogP contribution in [0.4, 0.5) is 4.79 Å². The Hall–Kier alpha value is -2.73. The summed E-state index contributed by atoms with van der Waals surface area (Å²) in [5, 5.41) is 3.69. The van der Waals surface area contributed by atoms with Crippen molar-refractivity contribution < 1.29 is 19.1 Å². The fraction of sp³-hybridized carbons (Fsp3) is 0.500. The third-order valence-electron chi connectivity index (χ3n) is 3.83. The average Bonchev–Trinajstić information content (AvgIpc) is 2.97. The number of esters is 1. The van der Waals surface area contributed by atoms with Crippen molar-refractivity contribution >= 4 is 12.1 Å². The van der Waals surface area contributed by atoms with Gasteiger partial charge in [0.15, 0.2) is 0 Å². The van der Waals surface area contributed by atoms with Crippen molar-refractivity contribution in [2.45, 2.75) is 38.5 Å². The third-order valence-corrected chi connectivity index (χ3v) is 3.83. The summed E-state index contributed by atoms with van der Waals surface area (Å²) in [6.07, 6.45) is -0.0456. The zero-order chi connectivity index (χ0) is 17.4. The van der Waals surface area contributed by atoms with Crippen molar-refractivity contribution in [3.05, 3.63) is 46.3 Å². The number of benzene rings is 1. The molecule has 0 radical (unpaired) electrons. The maximum absolute atomic E-state index is 12.3. The summed E-state index contributed by atoms with van der Waals surface area (Å²) in [6, 6.07) is 8.32. The number of amides is 1. The van der Waals surface area contributed by atoms with Gasteiger partial charge in [-0.25, -0.2) is 4.79 Å². The lowest BCUT2D eigenvalue weighted by atomic mass is 10.1. The van der Waals surface area contributed by atoms with E-state index in [2.05, 4.69) is 10.0 Å². The monoisotopic (exact) mass is 332 g/mol. The van der Waals surface area contributed by atoms with Gasteiger partial charge in [-0.15, -0.1) is 0 Å². The zero-order valence-corrected chi connectivity index (χ0v) is 13.5. The maximum Gasteiger partial charge on any atom is 0.410 e. The van der Waals surface area contributed by atoms with E-state index in [4.69, 9.17) is 15.0 Å². The second-order valence-corrected chi connectivity index (χ2v) is 5.37. The third kappa shape index (κ3) is 4.63. The van der Waals surface area contributed by atoms with Gasteiger partial charge in [0.2, 0.25) is 0 Å². The highest BCUT2D eigenvalue weighted by molar-refractivity contribution is 5.73. The molecule has 1 amide bonds. The van der Waals surface area contributed by atoms with Crippen molar-refractivity contribution in [3.63, 3.8) is 0 Å². The van der Waals surface area contributed by atoms with E-state index in [1.165, 1.54) is 4.90 Å². The Morgan fingerprint density at radius 2 is 2.08 bits per heavy atom. The molecule has 128 valence electrons. The average molecular weight is 332 g/mol. The number of hydrogen-bond donors (Lipinski definition) is 0. The molecule has 8 heteroatoms. The van der Waals surface area contributed by atoms with E-state index >= 15 is 0 Å². The highest BCUT2D eigenvalue weighted by atomic mass is 16.6. The molecule has 1 aliphatic rings. The van der Waals surface area contributed by atoms with Crippen LogP contribution in [0.2, 0.25) is 0 Å². The zero-order valence-electron chi connectivity index (χ0n) is 13.5. The van der Waals surface area contributed by atoms with Crippen LogP contribution in [0.5, 0.6) is 0 Å². The SMILES string of the molecule is CCOC(=O)C[C@H]1[C@@H](N=[N+]=[N-])CCN1C(=O)OCc1ccccc1. The minimum atomic E-state index is -0.539. The fourth-order valence-electron chi connectivity index (χ4n) is 2.70. The lowest BCUT2D eigenvalue weighted by Crippen LogP contribution is -2.41. The van der Waals surface area contributed by atoms with Crippen molar-refractivity contribution in [2.75, 3.05) is 13.2 Å². The Labute approximate surface area is 140 Å². The summed E-state index contributed by atoms with van der Waals surface area (Å²) >= 11 is 0. The summed E-state index contributed by atoms with van der Waals surface area (Å²) in [6.45, 7) is 2.50. The van der Waals surface area contributed by atoms with E-state index in [0.29, 0.717) is 13.0 Å². The van der Waals surface area contributed by atoms with Crippen molar-refractivity contribution in [1.29, 1.82) is 0 Å². The van der Waals surface area contributed by atoms with Crippen LogP contribution in [-0.2, 0) is 20.9 Å². The number of hydrogen-bond acceptors (Lipinski definition) is 5. The van der Waals surface area contributed by atoms with E-state index in [9.17, 15) is 9.59 Å². The van der Waals surface area contributed by atoms with Crippen LogP contribution >= 0.6 is 0 Å². The van der Waals surface area contributed by atoms with E-state index in [-0.39, 0.29) is 19.6 Å². The van der Waals surface area contributed by atoms with Gasteiger partial charge in [-0.2, -0.15) is 0 Å². The fourth-order valence-corrected chi connectivity index (χ4v) is 2.70. The Kier molecular flexibility index (Phi) is 6.45. The van der Waals surface area contributed by atoms with Gasteiger partial charge in [0.1, 0.15) is 6.61 Å². The molecule has 2 rings (SSSR count). The molecule has 1 heterocycles. The summed E-state index contributed by atoms with van der Waals surface area (Å²) in [7, 11) is 0. The smallest absolute Gasteiger partial charge is 0.410 e. The van der Waals surface area contributed by atoms with Crippen LogP contribution in [0.25, 0.3) is 10.4 Å². The molecular formula is C16H20N4O4. The molecule has 24 heavy (non-hydrogen) atoms. The molecule has 0 aromatic heterocycles. The number of nitrogens with zero attached hydrogens (tertiary/aromatic N) is 4. The van der Waals surface area contributed by atoms with E-state index in [1.807, 2.05) is 30.3 Å². The second kappa shape index (κ2) is 8.79. The molecule has 0 unspecified atom stereocenters. The summed E-state index contributed by atoms with van der Waals surface area (Å²) in [5.41, 5.74) is 9.54. The van der Waals surface area contributed by atoms with E-state index < -0.39 is 24.1 Å². The van der Waals surface area contributed by atoms with Gasteiger partial charge in [0.05, 0.1) is 25.1 Å². The number of ether oxygens (including phenoxy) is 2. The molecule has 0 aliphatic carbocycles. The van der Waals surface area contributed by atoms with Gasteiger partial charge in [0.25, 0.3) is 0 Å². The molecule has 0 N–H and O–H groups in total. The topological polar surface area (TPSA) is 105 Å². The molecule has 1 saturated heterocycles. The van der Waals surface area contributed by atoms with Gasteiger partial charge < -0.3 is 14.4 Å². The molecule has 2 atom stereocenters. The quantitative estimate of drug-likeness (QED) is 0.345. The molecular weight excluding hydrogens is 312 g/mol. The van der Waals surface area contributed by atoms with Crippen molar-refractivity contribution in [2.24, 2.45) is 5.11 Å². The first-order valence-electron chi connectivity index (χ1n) is 7.82. The molecule has 1 fully saturated rings. The molecule has 8 nitrogen and oxygen atoms in total. The minimum absolute atomic E-state index is 0.0159. The highest BCUT2D eigenvalue weighted by Crippen LogP contribution is 2.25. The van der Waals surface area contributed by atoms with Crippen LogP contribution in [0.3, 0.4) is 0 Å². The molecule has 0 bridgehead atoms. The van der Waals surface area contributed by atoms with Crippen molar-refractivity contribution in [1.82, 2.24) is 4.90 Å². The van der Waals surface area contributed by atoms with Crippen LogP contribution in [-0.4, -0.2) is 42.2 Å². The highest BCUT2D eigenvalue weighted by Gasteiger charge is 2.39. The maximum atomic E-state index is 12.3. The van der Waals surface area contributed by atoms with Gasteiger partial charge in [-0.1, -0.05) is 35.4 Å². The van der Waals surface area contributed by atoms with E-state index in [0.717, 1.165) is 5.56 Å². The first-order chi connectivity index (χ1) is 11.7. The van der Waals surface area contributed by atoms with Crippen LogP contribution in [0, 0.1) is 0 Å². The standard InChI is InChI=1S/C16H20N4O4/c1-2-23-15(21)10-14-13(18-19-17)8-9-20(14)16(22)24-11-12-6-4-3-5-7-12/h3-7,13-14H,2,8-11H2,1H3/t13-,14-/m0/s1. The van der Waals surface area contributed by atoms with Crippen LogP contribution in [0.15, 0.2) is 35.4 Å². The van der Waals surface area contributed by atoms with E-state index in [1.54, 1.807) is 6.92 Å². The minimum Gasteiger partial charge on any atom is -0.466 e. The van der Waals surface area contributed by atoms with Gasteiger partial charge in [-0.3, -0.25) is 4.79 Å². The summed E-state index contributed by atoms with van der Waals surface area (Å²) in [5.74, 6) is -0.427. The Balaban J connectivity index is 2.00. The number of carbonyl (C=O) groups excluding carboxylic acids is 2. The Bertz CT molecular complexity index is 616. The molecule has 0 spiro atoms. The molecule has 1 aromatic carbocycles. The normalized spacial score (nSPS) is 19.5. The second-order valence-electron chi connectivity index (χ2n) is 5.37. The largest absolute Gasteiger partial charge is 0.466 e. The van der Waals surface area contributed by atoms with Gasteiger partial charge in [0, 0.05) is 11.5 Å².